The number of alkyl carbamates (subject to hydrolysis) is 2. The zero-order valence-corrected chi connectivity index (χ0v) is 56.9. The molecule has 0 bridgehead atoms. The van der Waals surface area contributed by atoms with Crippen molar-refractivity contribution in [3.8, 4) is 0 Å². The Morgan fingerprint density at radius 1 is 0.723 bits per heavy atom. The summed E-state index contributed by atoms with van der Waals surface area (Å²) in [6.45, 7) is 26.1. The van der Waals surface area contributed by atoms with Gasteiger partial charge in [-0.15, -0.1) is 13.2 Å². The molecule has 2 saturated carbocycles. The van der Waals surface area contributed by atoms with Gasteiger partial charge in [-0.05, 0) is 126 Å². The highest BCUT2D eigenvalue weighted by Crippen LogP contribution is 2.66. The van der Waals surface area contributed by atoms with Gasteiger partial charge in [0.1, 0.15) is 60.7 Å². The van der Waals surface area contributed by atoms with Crippen LogP contribution in [-0.2, 0) is 70.4 Å². The zero-order valence-electron chi connectivity index (χ0n) is 56.9. The second kappa shape index (κ2) is 33.1. The van der Waals surface area contributed by atoms with Crippen LogP contribution in [0, 0.1) is 34.5 Å². The van der Waals surface area contributed by atoms with Crippen molar-refractivity contribution >= 4 is 59.9 Å². The molecule has 2 aromatic carbocycles. The van der Waals surface area contributed by atoms with E-state index in [9.17, 15) is 47.9 Å². The van der Waals surface area contributed by atoms with Gasteiger partial charge in [0, 0.05) is 26.2 Å². The Hall–Kier alpha value is -8.44. The quantitative estimate of drug-likeness (QED) is 0.0419. The molecule has 2 aromatic rings. The minimum Gasteiger partial charge on any atom is -0.467 e. The SMILES string of the molecule is C=CCCCC[C@H](NC(=O)[C@@H]1[C@@H]2[C@H](CN1C(=O)[C@H](CN(CC=C)C(=O)OCc1ccccc1)NC(=O)OC(C)(C)C)C2(C)C)C(=O)OC.COC(=O)[C@@H]1CCCCC=CCN(C(=O)OCc2ccccc2)C[C@H](NC(=O)OC(C)(C)C)C(=O)N2C[C@H]3[C@@H]([C@H]2C(=O)N1)C3(C)C. The Bertz CT molecular complexity index is 3030. The van der Waals surface area contributed by atoms with Crippen molar-refractivity contribution in [1.29, 1.82) is 0 Å². The first-order chi connectivity index (χ1) is 44.4. The van der Waals surface area contributed by atoms with Gasteiger partial charge < -0.3 is 69.3 Å². The summed E-state index contributed by atoms with van der Waals surface area (Å²) in [6.07, 6.45) is 9.03. The van der Waals surface area contributed by atoms with Crippen molar-refractivity contribution in [1.82, 2.24) is 40.9 Å². The smallest absolute Gasteiger partial charge is 0.410 e. The van der Waals surface area contributed by atoms with E-state index >= 15 is 0 Å². The number of ether oxygens (including phenoxy) is 6. The van der Waals surface area contributed by atoms with Crippen LogP contribution in [0.2, 0.25) is 0 Å². The maximum Gasteiger partial charge on any atom is 0.410 e. The molecule has 0 radical (unpaired) electrons. The van der Waals surface area contributed by atoms with Crippen LogP contribution >= 0.6 is 0 Å². The Balaban J connectivity index is 0.000000298. The molecule has 24 nitrogen and oxygen atoms in total. The lowest BCUT2D eigenvalue weighted by Crippen LogP contribution is -2.60. The molecule has 10 atom stereocenters. The number of unbranched alkanes of at least 4 members (excludes halogenated alkanes) is 2. The lowest BCUT2D eigenvalue weighted by Gasteiger charge is -2.35. The van der Waals surface area contributed by atoms with E-state index in [1.165, 1.54) is 39.9 Å². The van der Waals surface area contributed by atoms with Crippen molar-refractivity contribution in [3.05, 3.63) is 109 Å². The highest BCUT2D eigenvalue weighted by molar-refractivity contribution is 5.96. The van der Waals surface area contributed by atoms with Gasteiger partial charge in [-0.25, -0.2) is 28.8 Å². The van der Waals surface area contributed by atoms with E-state index in [-0.39, 0.29) is 80.4 Å². The average Bonchev–Trinajstić information content (AvgIpc) is 1.54. The van der Waals surface area contributed by atoms with E-state index in [0.717, 1.165) is 30.4 Å². The molecule has 7 rings (SSSR count). The summed E-state index contributed by atoms with van der Waals surface area (Å²) in [5.41, 5.74) is -0.516. The van der Waals surface area contributed by atoms with Crippen LogP contribution in [0.1, 0.15) is 132 Å². The van der Waals surface area contributed by atoms with Crippen molar-refractivity contribution in [2.45, 2.75) is 181 Å². The van der Waals surface area contributed by atoms with E-state index in [2.05, 4.69) is 48.3 Å². The molecule has 2 saturated heterocycles. The number of rotatable bonds is 20. The van der Waals surface area contributed by atoms with Crippen LogP contribution in [0.15, 0.2) is 98.1 Å². The van der Waals surface area contributed by atoms with E-state index in [1.807, 2.05) is 86.7 Å². The molecule has 94 heavy (non-hydrogen) atoms. The van der Waals surface area contributed by atoms with E-state index < -0.39 is 107 Å². The number of nitrogens with one attached hydrogen (secondary N) is 4. The van der Waals surface area contributed by atoms with Crippen LogP contribution in [0.3, 0.4) is 0 Å². The molecule has 8 amide bonds. The molecular formula is C70H100N8O16. The molecule has 0 spiro atoms. The summed E-state index contributed by atoms with van der Waals surface area (Å²) in [5.74, 6) is -3.31. The summed E-state index contributed by atoms with van der Waals surface area (Å²) >= 11 is 0. The Labute approximate surface area is 553 Å². The summed E-state index contributed by atoms with van der Waals surface area (Å²) < 4.78 is 32.0. The highest BCUT2D eigenvalue weighted by Gasteiger charge is 2.71. The number of carbonyl (C=O) groups excluding carboxylic acids is 10. The molecule has 4 fully saturated rings. The molecule has 3 heterocycles. The monoisotopic (exact) mass is 1310 g/mol. The third-order valence-corrected chi connectivity index (χ3v) is 17.9. The molecule has 5 aliphatic rings. The van der Waals surface area contributed by atoms with Gasteiger partial charge in [0.05, 0.1) is 27.3 Å². The van der Waals surface area contributed by atoms with Crippen LogP contribution in [-0.4, -0.2) is 180 Å². The predicted molar refractivity (Wildman–Crippen MR) is 350 cm³/mol. The number of fused-ring (bicyclic) bond motifs is 4. The number of hydrogen-bond acceptors (Lipinski definition) is 16. The number of benzene rings is 2. The number of piperidine rings is 2. The molecule has 3 aliphatic heterocycles. The van der Waals surface area contributed by atoms with Gasteiger partial charge >= 0.3 is 36.3 Å². The van der Waals surface area contributed by atoms with Crippen molar-refractivity contribution in [2.24, 2.45) is 34.5 Å². The predicted octanol–water partition coefficient (Wildman–Crippen LogP) is 8.38. The maximum atomic E-state index is 14.4. The van der Waals surface area contributed by atoms with E-state index in [0.29, 0.717) is 38.6 Å². The van der Waals surface area contributed by atoms with E-state index in [1.54, 1.807) is 47.6 Å². The fourth-order valence-electron chi connectivity index (χ4n) is 12.8. The average molecular weight is 1310 g/mol. The first-order valence-corrected chi connectivity index (χ1v) is 32.5. The summed E-state index contributed by atoms with van der Waals surface area (Å²) in [5, 5.41) is 11.0. The van der Waals surface area contributed by atoms with Gasteiger partial charge in [0.25, 0.3) is 0 Å². The minimum absolute atomic E-state index is 0.00713. The third kappa shape index (κ3) is 20.5. The number of allylic oxidation sites excluding steroid dienone is 2. The van der Waals surface area contributed by atoms with Crippen LogP contribution < -0.4 is 21.3 Å². The molecule has 4 N–H and O–H groups in total. The Kier molecular flexibility index (Phi) is 26.3. The van der Waals surface area contributed by atoms with Gasteiger partial charge in [0.15, 0.2) is 0 Å². The Morgan fingerprint density at radius 2 is 1.33 bits per heavy atom. The van der Waals surface area contributed by atoms with Crippen molar-refractivity contribution < 1.29 is 76.4 Å². The number of methoxy groups -OCH3 is 2. The minimum atomic E-state index is -1.28. The standard InChI is InChI=1S/C36H52N4O8.C34H48N4O8/c1-9-11-12-16-19-26(32(43)46-8)37-30(41)29-28-25(36(28,6)7)21-40(29)31(42)27(38-33(44)48-35(3,4)5)22-39(20-10-2)34(45)47-23-24-17-14-13-15-18-24;1-33(2,3)46-31(42)36-25-20-37(32(43)45-21-22-15-11-10-12-16-22)18-14-9-7-8-13-17-24(30(41)44-6)35-28(39)27-26-23(34(26,4)5)19-38(27)29(25)40/h9-10,13-15,17-18,25-29H,1-2,11-12,16,19-23H2,3-8H3,(H,37,41)(H,38,44);9-12,14-16,23-27H,7-8,13,17-21H2,1-6H3,(H,35,39)(H,36,42)/t25-,26-,27-,28-,29-;23-,24-,25-,26-,27-/m00/s1. The molecule has 0 unspecified atom stereocenters. The first-order valence-electron chi connectivity index (χ1n) is 32.5. The van der Waals surface area contributed by atoms with Crippen LogP contribution in [0.4, 0.5) is 19.2 Å². The van der Waals surface area contributed by atoms with Crippen LogP contribution in [0.25, 0.3) is 0 Å². The van der Waals surface area contributed by atoms with Crippen molar-refractivity contribution in [2.75, 3.05) is 53.5 Å². The topological polar surface area (TPSA) is 287 Å². The summed E-state index contributed by atoms with van der Waals surface area (Å²) in [6, 6.07) is 12.4. The second-order valence-corrected chi connectivity index (χ2v) is 27.9. The fraction of sp³-hybridized carbons (Fsp3) is 0.600. The second-order valence-electron chi connectivity index (χ2n) is 27.9. The van der Waals surface area contributed by atoms with Crippen molar-refractivity contribution in [3.63, 3.8) is 0 Å². The third-order valence-electron chi connectivity index (χ3n) is 17.9. The lowest BCUT2D eigenvalue weighted by molar-refractivity contribution is -0.148. The van der Waals surface area contributed by atoms with Gasteiger partial charge in [0.2, 0.25) is 23.6 Å². The normalized spacial score (nSPS) is 23.4. The first kappa shape index (κ1) is 74.6. The molecule has 24 heteroatoms. The molecule has 516 valence electrons. The Morgan fingerprint density at radius 3 is 1.93 bits per heavy atom. The summed E-state index contributed by atoms with van der Waals surface area (Å²) in [7, 11) is 2.55. The number of amides is 8. The number of likely N-dealkylation sites (tertiary alicyclic amines) is 1. The lowest BCUT2D eigenvalue weighted by atomic mass is 9.99. The molecule has 0 aromatic heterocycles. The van der Waals surface area contributed by atoms with E-state index in [4.69, 9.17) is 28.4 Å². The summed E-state index contributed by atoms with van der Waals surface area (Å²) in [4.78, 5) is 140. The van der Waals surface area contributed by atoms with Gasteiger partial charge in [-0.3, -0.25) is 19.2 Å². The highest BCUT2D eigenvalue weighted by atomic mass is 16.6. The van der Waals surface area contributed by atoms with Crippen LogP contribution in [0.5, 0.6) is 0 Å². The fourth-order valence-corrected chi connectivity index (χ4v) is 12.8. The van der Waals surface area contributed by atoms with Gasteiger partial charge in [-0.1, -0.05) is 126 Å². The molecule has 2 aliphatic carbocycles. The number of carbonyl (C=O) groups is 10. The molecular weight excluding hydrogens is 1210 g/mol. The largest absolute Gasteiger partial charge is 0.467 e. The number of nitrogens with zero attached hydrogens (tertiary/aromatic N) is 4. The van der Waals surface area contributed by atoms with Gasteiger partial charge in [-0.2, -0.15) is 0 Å². The maximum absolute atomic E-state index is 14.4. The zero-order chi connectivity index (χ0) is 69.3. The number of esters is 2. The number of hydrogen-bond donors (Lipinski definition) is 4.